The number of nitrogens with one attached hydrogen (secondary N) is 2. The highest BCUT2D eigenvalue weighted by Gasteiger charge is 2.48. The molecule has 2 fully saturated rings. The first kappa shape index (κ1) is 22.8. The average molecular weight is 473 g/mol. The van der Waals surface area contributed by atoms with Gasteiger partial charge in [0.15, 0.2) is 0 Å². The molecule has 0 spiro atoms. The van der Waals surface area contributed by atoms with E-state index in [4.69, 9.17) is 4.74 Å². The van der Waals surface area contributed by atoms with E-state index >= 15 is 0 Å². The number of aromatic nitrogens is 1. The van der Waals surface area contributed by atoms with Crippen molar-refractivity contribution in [1.82, 2.24) is 20.5 Å². The van der Waals surface area contributed by atoms with Crippen molar-refractivity contribution in [3.8, 4) is 5.75 Å². The zero-order valence-electron chi connectivity index (χ0n) is 20.0. The molecule has 2 aromatic carbocycles. The van der Waals surface area contributed by atoms with Gasteiger partial charge in [0.1, 0.15) is 18.4 Å². The molecule has 0 saturated carbocycles. The van der Waals surface area contributed by atoms with Crippen LogP contribution in [0.25, 0.3) is 10.9 Å². The van der Waals surface area contributed by atoms with Crippen molar-refractivity contribution in [2.75, 3.05) is 6.54 Å². The number of carbonyl (C=O) groups excluding carboxylic acids is 3. The largest absolute Gasteiger partial charge is 0.489 e. The number of imide groups is 1. The summed E-state index contributed by atoms with van der Waals surface area (Å²) in [6, 6.07) is 16.0. The zero-order valence-corrected chi connectivity index (χ0v) is 20.0. The summed E-state index contributed by atoms with van der Waals surface area (Å²) in [7, 11) is 0. The number of carbonyl (C=O) groups is 3. The number of hydrogen-bond acceptors (Lipinski definition) is 5. The van der Waals surface area contributed by atoms with Crippen molar-refractivity contribution in [2.24, 2.45) is 0 Å². The van der Waals surface area contributed by atoms with Gasteiger partial charge in [0, 0.05) is 23.2 Å². The number of rotatable bonds is 6. The van der Waals surface area contributed by atoms with Gasteiger partial charge in [-0.25, -0.2) is 4.79 Å². The Kier molecular flexibility index (Phi) is 5.67. The predicted molar refractivity (Wildman–Crippen MR) is 131 cm³/mol. The Morgan fingerprint density at radius 3 is 2.60 bits per heavy atom. The highest BCUT2D eigenvalue weighted by molar-refractivity contribution is 6.05. The monoisotopic (exact) mass is 472 g/mol. The maximum absolute atomic E-state index is 13.4. The molecule has 2 aliphatic heterocycles. The van der Waals surface area contributed by atoms with Crippen LogP contribution in [0.15, 0.2) is 54.6 Å². The van der Waals surface area contributed by atoms with Gasteiger partial charge in [-0.3, -0.25) is 19.9 Å². The summed E-state index contributed by atoms with van der Waals surface area (Å²) >= 11 is 0. The number of nitrogens with zero attached hydrogens (tertiary/aromatic N) is 2. The van der Waals surface area contributed by atoms with Gasteiger partial charge >= 0.3 is 6.03 Å². The van der Waals surface area contributed by atoms with Crippen LogP contribution >= 0.6 is 0 Å². The molecular weight excluding hydrogens is 444 g/mol. The van der Waals surface area contributed by atoms with Crippen molar-refractivity contribution in [3.63, 3.8) is 0 Å². The highest BCUT2D eigenvalue weighted by Crippen LogP contribution is 2.37. The van der Waals surface area contributed by atoms with Crippen LogP contribution in [0.2, 0.25) is 0 Å². The Hall–Kier alpha value is -3.94. The van der Waals surface area contributed by atoms with E-state index in [0.717, 1.165) is 33.5 Å². The zero-order chi connectivity index (χ0) is 24.7. The summed E-state index contributed by atoms with van der Waals surface area (Å²) in [4.78, 5) is 43.3. The normalized spacial score (nSPS) is 22.9. The molecule has 2 aliphatic rings. The first-order chi connectivity index (χ1) is 16.8. The van der Waals surface area contributed by atoms with Crippen molar-refractivity contribution in [1.29, 1.82) is 0 Å². The van der Waals surface area contributed by atoms with Gasteiger partial charge in [0.25, 0.3) is 5.91 Å². The van der Waals surface area contributed by atoms with Crippen LogP contribution < -0.4 is 15.4 Å². The predicted octanol–water partition coefficient (Wildman–Crippen LogP) is 3.21. The molecular formula is C27H28N4O4. The molecule has 3 heterocycles. The van der Waals surface area contributed by atoms with Crippen LogP contribution in [0.3, 0.4) is 0 Å². The number of ether oxygens (including phenoxy) is 1. The molecule has 0 radical (unpaired) electrons. The van der Waals surface area contributed by atoms with Gasteiger partial charge in [-0.05, 0) is 57.0 Å². The number of likely N-dealkylation sites (tertiary alicyclic amines) is 1. The fraction of sp³-hybridized carbons (Fsp3) is 0.333. The van der Waals surface area contributed by atoms with Gasteiger partial charge in [0.05, 0.1) is 17.0 Å². The number of benzene rings is 2. The molecule has 3 aromatic rings. The van der Waals surface area contributed by atoms with E-state index in [9.17, 15) is 14.4 Å². The SMILES string of the molecule is Cc1cc(COc2ccc([C@]3(C)CCN(C(C)C4NC(=O)NC4=O)C3=O)cc2)c2ccccc2n1. The number of urea groups is 1. The number of pyridine rings is 1. The van der Waals surface area contributed by atoms with E-state index in [1.54, 1.807) is 11.8 Å². The Morgan fingerprint density at radius 1 is 1.14 bits per heavy atom. The quantitative estimate of drug-likeness (QED) is 0.537. The molecule has 2 N–H and O–H groups in total. The third-order valence-corrected chi connectivity index (χ3v) is 7.18. The number of para-hydroxylation sites is 1. The Morgan fingerprint density at radius 2 is 1.89 bits per heavy atom. The van der Waals surface area contributed by atoms with Gasteiger partial charge in [-0.2, -0.15) is 0 Å². The summed E-state index contributed by atoms with van der Waals surface area (Å²) < 4.78 is 6.07. The lowest BCUT2D eigenvalue weighted by atomic mass is 9.81. The van der Waals surface area contributed by atoms with Gasteiger partial charge in [-0.15, -0.1) is 0 Å². The van der Waals surface area contributed by atoms with E-state index in [0.29, 0.717) is 19.6 Å². The molecule has 180 valence electrons. The number of aryl methyl sites for hydroxylation is 1. The van der Waals surface area contributed by atoms with Gasteiger partial charge in [-0.1, -0.05) is 30.3 Å². The Balaban J connectivity index is 1.29. The van der Waals surface area contributed by atoms with Crippen LogP contribution in [-0.2, 0) is 21.6 Å². The summed E-state index contributed by atoms with van der Waals surface area (Å²) in [5.41, 5.74) is 3.16. The lowest BCUT2D eigenvalue weighted by molar-refractivity contribution is -0.135. The standard InChI is InChI=1S/C27H28N4O4/c1-16-14-18(21-6-4-5-7-22(21)28-16)15-35-20-10-8-19(9-11-20)27(3)12-13-31(25(27)33)17(2)23-24(32)30-26(34)29-23/h4-11,14,17,23H,12-13,15H2,1-3H3,(H2,29,30,32,34)/t17?,23?,27-/m0/s1. The average Bonchev–Trinajstić information content (AvgIpc) is 3.35. The summed E-state index contributed by atoms with van der Waals surface area (Å²) in [5.74, 6) is 0.269. The lowest BCUT2D eigenvalue weighted by Crippen LogP contribution is -2.51. The maximum atomic E-state index is 13.4. The smallest absolute Gasteiger partial charge is 0.322 e. The van der Waals surface area contributed by atoms with Crippen LogP contribution in [0.5, 0.6) is 5.75 Å². The van der Waals surface area contributed by atoms with Crippen molar-refractivity contribution in [3.05, 3.63) is 71.4 Å². The van der Waals surface area contributed by atoms with Crippen LogP contribution in [-0.4, -0.2) is 46.4 Å². The van der Waals surface area contributed by atoms with E-state index in [1.807, 2.05) is 68.4 Å². The molecule has 35 heavy (non-hydrogen) atoms. The van der Waals surface area contributed by atoms with Gasteiger partial charge < -0.3 is 15.0 Å². The third-order valence-electron chi connectivity index (χ3n) is 7.18. The summed E-state index contributed by atoms with van der Waals surface area (Å²) in [6.45, 7) is 6.63. The van der Waals surface area contributed by atoms with E-state index in [1.165, 1.54) is 0 Å². The third kappa shape index (κ3) is 4.09. The number of hydrogen-bond donors (Lipinski definition) is 2. The van der Waals surface area contributed by atoms with Crippen LogP contribution in [0.4, 0.5) is 4.79 Å². The first-order valence-corrected chi connectivity index (χ1v) is 11.8. The first-order valence-electron chi connectivity index (χ1n) is 11.8. The second kappa shape index (κ2) is 8.69. The lowest BCUT2D eigenvalue weighted by Gasteiger charge is -2.30. The fourth-order valence-corrected chi connectivity index (χ4v) is 5.07. The fourth-order valence-electron chi connectivity index (χ4n) is 5.07. The van der Waals surface area contributed by atoms with Crippen LogP contribution in [0, 0.1) is 6.92 Å². The van der Waals surface area contributed by atoms with Crippen molar-refractivity contribution >= 4 is 28.7 Å². The van der Waals surface area contributed by atoms with E-state index < -0.39 is 29.4 Å². The Bertz CT molecular complexity index is 1320. The second-order valence-electron chi connectivity index (χ2n) is 9.51. The highest BCUT2D eigenvalue weighted by atomic mass is 16.5. The molecule has 0 bridgehead atoms. The summed E-state index contributed by atoms with van der Waals surface area (Å²) in [5, 5.41) is 5.91. The van der Waals surface area contributed by atoms with Gasteiger partial charge in [0.2, 0.25) is 5.91 Å². The Labute approximate surface area is 203 Å². The molecule has 1 aromatic heterocycles. The summed E-state index contributed by atoms with van der Waals surface area (Å²) in [6.07, 6.45) is 0.626. The molecule has 0 aliphatic carbocycles. The second-order valence-corrected chi connectivity index (χ2v) is 9.51. The molecule has 8 nitrogen and oxygen atoms in total. The minimum Gasteiger partial charge on any atom is -0.489 e. The van der Waals surface area contributed by atoms with Crippen molar-refractivity contribution in [2.45, 2.75) is 51.3 Å². The minimum absolute atomic E-state index is 0.0497. The number of amides is 4. The molecule has 4 amide bonds. The number of fused-ring (bicyclic) bond motifs is 1. The van der Waals surface area contributed by atoms with E-state index in [2.05, 4.69) is 15.6 Å². The topological polar surface area (TPSA) is 101 Å². The van der Waals surface area contributed by atoms with Crippen molar-refractivity contribution < 1.29 is 19.1 Å². The molecule has 8 heteroatoms. The van der Waals surface area contributed by atoms with E-state index in [-0.39, 0.29) is 5.91 Å². The molecule has 3 atom stereocenters. The molecule has 5 rings (SSSR count). The molecule has 2 unspecified atom stereocenters. The maximum Gasteiger partial charge on any atom is 0.322 e. The van der Waals surface area contributed by atoms with Crippen LogP contribution in [0.1, 0.15) is 37.1 Å². The molecule has 2 saturated heterocycles. The minimum atomic E-state index is -0.738.